The van der Waals surface area contributed by atoms with E-state index in [-0.39, 0.29) is 12.0 Å². The molecule has 0 radical (unpaired) electrons. The highest BCUT2D eigenvalue weighted by Crippen LogP contribution is 2.18. The van der Waals surface area contributed by atoms with Crippen molar-refractivity contribution in [3.63, 3.8) is 0 Å². The van der Waals surface area contributed by atoms with Crippen LogP contribution in [-0.2, 0) is 0 Å². The molecular formula is C13H16ClNO2. The van der Waals surface area contributed by atoms with Gasteiger partial charge in [-0.3, -0.25) is 4.79 Å². The zero-order valence-electron chi connectivity index (χ0n) is 9.82. The molecule has 1 aliphatic heterocycles. The number of carbonyl (C=O) groups is 1. The fourth-order valence-corrected chi connectivity index (χ4v) is 2.40. The number of aliphatic hydroxyl groups is 1. The quantitative estimate of drug-likeness (QED) is 0.834. The van der Waals surface area contributed by atoms with E-state index in [1.54, 1.807) is 11.0 Å². The average Bonchev–Trinajstić information content (AvgIpc) is 2.28. The number of carbonyl (C=O) groups excluding carboxylic acids is 1. The van der Waals surface area contributed by atoms with Gasteiger partial charge in [-0.05, 0) is 43.5 Å². The van der Waals surface area contributed by atoms with Crippen molar-refractivity contribution in [2.75, 3.05) is 13.1 Å². The van der Waals surface area contributed by atoms with Gasteiger partial charge in [-0.25, -0.2) is 0 Å². The highest BCUT2D eigenvalue weighted by atomic mass is 35.5. The van der Waals surface area contributed by atoms with Crippen molar-refractivity contribution in [1.82, 2.24) is 4.90 Å². The summed E-state index contributed by atoms with van der Waals surface area (Å²) in [6.45, 7) is 3.15. The molecule has 17 heavy (non-hydrogen) atoms. The summed E-state index contributed by atoms with van der Waals surface area (Å²) in [5, 5.41) is 10.00. The number of aryl methyl sites for hydroxylation is 1. The number of piperidine rings is 1. The van der Waals surface area contributed by atoms with E-state index >= 15 is 0 Å². The molecule has 0 aliphatic carbocycles. The van der Waals surface area contributed by atoms with Gasteiger partial charge < -0.3 is 10.0 Å². The molecule has 3 nitrogen and oxygen atoms in total. The van der Waals surface area contributed by atoms with Crippen molar-refractivity contribution in [3.8, 4) is 0 Å². The largest absolute Gasteiger partial charge is 0.393 e. The second kappa shape index (κ2) is 5.07. The average molecular weight is 254 g/mol. The Balaban J connectivity index is 2.14. The minimum absolute atomic E-state index is 0.00231. The predicted molar refractivity (Wildman–Crippen MR) is 67.3 cm³/mol. The monoisotopic (exact) mass is 253 g/mol. The van der Waals surface area contributed by atoms with Gasteiger partial charge >= 0.3 is 0 Å². The van der Waals surface area contributed by atoms with Crippen LogP contribution in [0.1, 0.15) is 28.8 Å². The van der Waals surface area contributed by atoms with Crippen molar-refractivity contribution < 1.29 is 9.90 Å². The molecule has 0 aromatic heterocycles. The Hall–Kier alpha value is -1.06. The minimum atomic E-state index is -0.264. The third kappa shape index (κ3) is 2.99. The van der Waals surface area contributed by atoms with Crippen LogP contribution >= 0.6 is 11.6 Å². The lowest BCUT2D eigenvalue weighted by molar-refractivity contribution is 0.0546. The van der Waals surface area contributed by atoms with Gasteiger partial charge in [0.1, 0.15) is 0 Å². The van der Waals surface area contributed by atoms with Gasteiger partial charge in [-0.15, -0.1) is 0 Å². The minimum Gasteiger partial charge on any atom is -0.393 e. The van der Waals surface area contributed by atoms with E-state index in [0.29, 0.717) is 36.5 Å². The second-order valence-corrected chi connectivity index (χ2v) is 4.98. The van der Waals surface area contributed by atoms with E-state index in [4.69, 9.17) is 11.6 Å². The van der Waals surface area contributed by atoms with E-state index < -0.39 is 0 Å². The number of hydrogen-bond donors (Lipinski definition) is 1. The van der Waals surface area contributed by atoms with Gasteiger partial charge in [0.25, 0.3) is 5.91 Å². The first-order valence-electron chi connectivity index (χ1n) is 5.81. The van der Waals surface area contributed by atoms with Crippen LogP contribution < -0.4 is 0 Å². The van der Waals surface area contributed by atoms with Crippen molar-refractivity contribution in [2.45, 2.75) is 25.9 Å². The van der Waals surface area contributed by atoms with E-state index in [2.05, 4.69) is 0 Å². The van der Waals surface area contributed by atoms with Gasteiger partial charge in [0, 0.05) is 23.7 Å². The molecule has 92 valence electrons. The third-order valence-electron chi connectivity index (χ3n) is 3.04. The SMILES string of the molecule is Cc1cc(Cl)cc(C(=O)N2CCC(O)CC2)c1. The van der Waals surface area contributed by atoms with Crippen LogP contribution in [0.4, 0.5) is 0 Å². The molecule has 0 unspecified atom stereocenters. The molecule has 0 atom stereocenters. The fourth-order valence-electron chi connectivity index (χ4n) is 2.11. The Morgan fingerprint density at radius 1 is 1.35 bits per heavy atom. The van der Waals surface area contributed by atoms with Crippen molar-refractivity contribution in [3.05, 3.63) is 34.3 Å². The molecular weight excluding hydrogens is 238 g/mol. The number of likely N-dealkylation sites (tertiary alicyclic amines) is 1. The summed E-state index contributed by atoms with van der Waals surface area (Å²) < 4.78 is 0. The van der Waals surface area contributed by atoms with Gasteiger partial charge in [0.2, 0.25) is 0 Å². The lowest BCUT2D eigenvalue weighted by atomic mass is 10.1. The van der Waals surface area contributed by atoms with Crippen LogP contribution in [0.15, 0.2) is 18.2 Å². The van der Waals surface area contributed by atoms with Crippen molar-refractivity contribution in [2.24, 2.45) is 0 Å². The van der Waals surface area contributed by atoms with Gasteiger partial charge in [0.15, 0.2) is 0 Å². The summed E-state index contributed by atoms with van der Waals surface area (Å²) >= 11 is 5.95. The van der Waals surface area contributed by atoms with Crippen LogP contribution in [-0.4, -0.2) is 35.1 Å². The number of nitrogens with zero attached hydrogens (tertiary/aromatic N) is 1. The summed E-state index contributed by atoms with van der Waals surface area (Å²) in [4.78, 5) is 14.0. The molecule has 0 saturated carbocycles. The van der Waals surface area contributed by atoms with E-state index in [9.17, 15) is 9.90 Å². The molecule has 1 heterocycles. The number of halogens is 1. The molecule has 4 heteroatoms. The molecule has 0 spiro atoms. The Morgan fingerprint density at radius 3 is 2.59 bits per heavy atom. The molecule has 1 aliphatic rings. The van der Waals surface area contributed by atoms with E-state index in [1.165, 1.54) is 0 Å². The number of amides is 1. The first kappa shape index (κ1) is 12.4. The smallest absolute Gasteiger partial charge is 0.253 e. The molecule has 0 bridgehead atoms. The summed E-state index contributed by atoms with van der Waals surface area (Å²) in [6, 6.07) is 5.37. The zero-order chi connectivity index (χ0) is 12.4. The van der Waals surface area contributed by atoms with Crippen LogP contribution in [0.5, 0.6) is 0 Å². The summed E-state index contributed by atoms with van der Waals surface area (Å²) in [5.74, 6) is 0.00231. The molecule has 1 amide bonds. The van der Waals surface area contributed by atoms with Crippen LogP contribution in [0, 0.1) is 6.92 Å². The van der Waals surface area contributed by atoms with Crippen LogP contribution in [0.2, 0.25) is 5.02 Å². The Bertz CT molecular complexity index is 405. The molecule has 1 N–H and O–H groups in total. The number of hydrogen-bond acceptors (Lipinski definition) is 2. The molecule has 1 saturated heterocycles. The third-order valence-corrected chi connectivity index (χ3v) is 3.26. The molecule has 1 aromatic carbocycles. The molecule has 2 rings (SSSR count). The highest BCUT2D eigenvalue weighted by Gasteiger charge is 2.22. The maximum atomic E-state index is 12.2. The number of rotatable bonds is 1. The Kier molecular flexibility index (Phi) is 3.69. The van der Waals surface area contributed by atoms with E-state index in [1.807, 2.05) is 19.1 Å². The topological polar surface area (TPSA) is 40.5 Å². The maximum absolute atomic E-state index is 12.2. The molecule has 1 fully saturated rings. The van der Waals surface area contributed by atoms with Gasteiger partial charge in [0.05, 0.1) is 6.10 Å². The zero-order valence-corrected chi connectivity index (χ0v) is 10.6. The summed E-state index contributed by atoms with van der Waals surface area (Å²) in [5.41, 5.74) is 1.62. The van der Waals surface area contributed by atoms with Crippen molar-refractivity contribution >= 4 is 17.5 Å². The highest BCUT2D eigenvalue weighted by molar-refractivity contribution is 6.31. The lowest BCUT2D eigenvalue weighted by Crippen LogP contribution is -2.40. The Morgan fingerprint density at radius 2 is 2.00 bits per heavy atom. The first-order chi connectivity index (χ1) is 8.06. The van der Waals surface area contributed by atoms with Gasteiger partial charge in [-0.1, -0.05) is 11.6 Å². The predicted octanol–water partition coefficient (Wildman–Crippen LogP) is 2.25. The second-order valence-electron chi connectivity index (χ2n) is 4.54. The first-order valence-corrected chi connectivity index (χ1v) is 6.18. The number of aliphatic hydroxyl groups excluding tert-OH is 1. The normalized spacial score (nSPS) is 17.2. The maximum Gasteiger partial charge on any atom is 0.253 e. The standard InChI is InChI=1S/C13H16ClNO2/c1-9-6-10(8-11(14)7-9)13(17)15-4-2-12(16)3-5-15/h6-8,12,16H,2-5H2,1H3. The van der Waals surface area contributed by atoms with Crippen LogP contribution in [0.25, 0.3) is 0 Å². The number of benzene rings is 1. The Labute approximate surface area is 106 Å². The van der Waals surface area contributed by atoms with Gasteiger partial charge in [-0.2, -0.15) is 0 Å². The molecule has 1 aromatic rings. The fraction of sp³-hybridized carbons (Fsp3) is 0.462. The van der Waals surface area contributed by atoms with Crippen LogP contribution in [0.3, 0.4) is 0 Å². The van der Waals surface area contributed by atoms with E-state index in [0.717, 1.165) is 5.56 Å². The summed E-state index contributed by atoms with van der Waals surface area (Å²) in [7, 11) is 0. The lowest BCUT2D eigenvalue weighted by Gasteiger charge is -2.29. The van der Waals surface area contributed by atoms with Crippen molar-refractivity contribution in [1.29, 1.82) is 0 Å². The summed E-state index contributed by atoms with van der Waals surface area (Å²) in [6.07, 6.45) is 1.05.